The predicted octanol–water partition coefficient (Wildman–Crippen LogP) is 3.09. The van der Waals surface area contributed by atoms with E-state index in [1.165, 1.54) is 17.5 Å². The Morgan fingerprint density at radius 1 is 1.26 bits per heavy atom. The number of hydrogen-bond acceptors (Lipinski definition) is 2. The summed E-state index contributed by atoms with van der Waals surface area (Å²) in [5, 5.41) is 2.35. The molecule has 1 aromatic rings. The van der Waals surface area contributed by atoms with Crippen molar-refractivity contribution in [1.82, 2.24) is 5.32 Å². The average molecular weight is 273 g/mol. The summed E-state index contributed by atoms with van der Waals surface area (Å²) in [6, 6.07) is 5.94. The molecule has 1 atom stereocenters. The van der Waals surface area contributed by atoms with Crippen molar-refractivity contribution in [2.75, 3.05) is 13.1 Å². The van der Waals surface area contributed by atoms with E-state index in [2.05, 4.69) is 5.32 Å². The average Bonchev–Trinajstić information content (AvgIpc) is 2.74. The Labute approximate surface area is 111 Å². The highest BCUT2D eigenvalue weighted by molar-refractivity contribution is 5.38. The molecular weight excluding hydrogens is 255 g/mol. The summed E-state index contributed by atoms with van der Waals surface area (Å²) in [6.45, 7) is 0.956. The van der Waals surface area contributed by atoms with E-state index < -0.39 is 12.7 Å². The highest BCUT2D eigenvalue weighted by atomic mass is 19.4. The molecular formula is C14H18F3NO. The molecule has 1 aromatic carbocycles. The van der Waals surface area contributed by atoms with E-state index in [9.17, 15) is 13.2 Å². The van der Waals surface area contributed by atoms with Gasteiger partial charge in [0.15, 0.2) is 0 Å². The SMILES string of the molecule is CC(CNCC(F)(F)F)Oc1ccc2c(c1)CCC2. The summed E-state index contributed by atoms with van der Waals surface area (Å²) in [4.78, 5) is 0. The van der Waals surface area contributed by atoms with Gasteiger partial charge in [-0.15, -0.1) is 0 Å². The summed E-state index contributed by atoms with van der Waals surface area (Å²) in [5.74, 6) is 0.738. The number of aryl methyl sites for hydroxylation is 2. The molecule has 1 aliphatic carbocycles. The molecule has 0 fully saturated rings. The number of ether oxygens (including phenoxy) is 1. The van der Waals surface area contributed by atoms with Crippen LogP contribution in [0.1, 0.15) is 24.5 Å². The smallest absolute Gasteiger partial charge is 0.401 e. The van der Waals surface area contributed by atoms with Crippen LogP contribution in [0, 0.1) is 0 Å². The van der Waals surface area contributed by atoms with Gasteiger partial charge in [-0.3, -0.25) is 0 Å². The van der Waals surface area contributed by atoms with Crippen molar-refractivity contribution in [2.45, 2.75) is 38.5 Å². The van der Waals surface area contributed by atoms with Crippen molar-refractivity contribution in [3.8, 4) is 5.75 Å². The molecule has 5 heteroatoms. The number of benzene rings is 1. The highest BCUT2D eigenvalue weighted by Crippen LogP contribution is 2.26. The van der Waals surface area contributed by atoms with Gasteiger partial charge in [-0.2, -0.15) is 13.2 Å². The van der Waals surface area contributed by atoms with Crippen molar-refractivity contribution < 1.29 is 17.9 Å². The molecule has 1 unspecified atom stereocenters. The minimum atomic E-state index is -4.17. The van der Waals surface area contributed by atoms with Crippen LogP contribution in [0.25, 0.3) is 0 Å². The van der Waals surface area contributed by atoms with Crippen molar-refractivity contribution in [1.29, 1.82) is 0 Å². The van der Waals surface area contributed by atoms with E-state index in [0.717, 1.165) is 18.6 Å². The molecule has 0 saturated carbocycles. The van der Waals surface area contributed by atoms with Crippen LogP contribution in [0.4, 0.5) is 13.2 Å². The van der Waals surface area contributed by atoms with Crippen molar-refractivity contribution >= 4 is 0 Å². The molecule has 0 saturated heterocycles. The molecule has 0 aliphatic heterocycles. The van der Waals surface area contributed by atoms with E-state index in [4.69, 9.17) is 4.74 Å². The minimum absolute atomic E-state index is 0.177. The van der Waals surface area contributed by atoms with Gasteiger partial charge < -0.3 is 10.1 Å². The van der Waals surface area contributed by atoms with Crippen LogP contribution in [0.5, 0.6) is 5.75 Å². The maximum Gasteiger partial charge on any atom is 0.401 e. The van der Waals surface area contributed by atoms with E-state index in [1.807, 2.05) is 18.2 Å². The molecule has 2 rings (SSSR count). The zero-order chi connectivity index (χ0) is 13.9. The number of hydrogen-bond donors (Lipinski definition) is 1. The number of halogens is 3. The lowest BCUT2D eigenvalue weighted by Gasteiger charge is -2.17. The van der Waals surface area contributed by atoms with Crippen LogP contribution >= 0.6 is 0 Å². The Bertz CT molecular complexity index is 431. The van der Waals surface area contributed by atoms with Gasteiger partial charge in [0.25, 0.3) is 0 Å². The zero-order valence-corrected chi connectivity index (χ0v) is 10.9. The highest BCUT2D eigenvalue weighted by Gasteiger charge is 2.26. The fourth-order valence-electron chi connectivity index (χ4n) is 2.31. The van der Waals surface area contributed by atoms with Gasteiger partial charge in [0.05, 0.1) is 6.54 Å². The molecule has 1 N–H and O–H groups in total. The van der Waals surface area contributed by atoms with E-state index >= 15 is 0 Å². The second-order valence-corrected chi connectivity index (χ2v) is 4.96. The first kappa shape index (κ1) is 14.2. The largest absolute Gasteiger partial charge is 0.489 e. The fraction of sp³-hybridized carbons (Fsp3) is 0.571. The number of rotatable bonds is 5. The molecule has 0 bridgehead atoms. The standard InChI is InChI=1S/C14H18F3NO/c1-10(8-18-9-14(15,16)17)19-13-6-5-11-3-2-4-12(11)7-13/h5-7,10,18H,2-4,8-9H2,1H3. The third kappa shape index (κ3) is 4.42. The van der Waals surface area contributed by atoms with Gasteiger partial charge in [0.1, 0.15) is 11.9 Å². The van der Waals surface area contributed by atoms with Crippen molar-refractivity contribution in [2.24, 2.45) is 0 Å². The molecule has 0 spiro atoms. The summed E-state index contributed by atoms with van der Waals surface area (Å²) in [5.41, 5.74) is 2.66. The molecule has 0 radical (unpaired) electrons. The minimum Gasteiger partial charge on any atom is -0.489 e. The monoisotopic (exact) mass is 273 g/mol. The maximum atomic E-state index is 12.0. The lowest BCUT2D eigenvalue weighted by Crippen LogP contribution is -2.35. The summed E-state index contributed by atoms with van der Waals surface area (Å²) < 4.78 is 41.6. The summed E-state index contributed by atoms with van der Waals surface area (Å²) in [7, 11) is 0. The zero-order valence-electron chi connectivity index (χ0n) is 10.9. The Morgan fingerprint density at radius 3 is 2.74 bits per heavy atom. The lowest BCUT2D eigenvalue weighted by molar-refractivity contribution is -0.125. The molecule has 0 heterocycles. The molecule has 1 aliphatic rings. The third-order valence-electron chi connectivity index (χ3n) is 3.16. The molecule has 19 heavy (non-hydrogen) atoms. The first-order valence-corrected chi connectivity index (χ1v) is 6.50. The first-order chi connectivity index (χ1) is 8.94. The second-order valence-electron chi connectivity index (χ2n) is 4.96. The fourth-order valence-corrected chi connectivity index (χ4v) is 2.31. The molecule has 0 aromatic heterocycles. The van der Waals surface area contributed by atoms with Crippen molar-refractivity contribution in [3.63, 3.8) is 0 Å². The number of nitrogens with one attached hydrogen (secondary N) is 1. The predicted molar refractivity (Wildman–Crippen MR) is 67.5 cm³/mol. The van der Waals surface area contributed by atoms with Crippen LogP contribution < -0.4 is 10.1 Å². The van der Waals surface area contributed by atoms with Gasteiger partial charge in [-0.25, -0.2) is 0 Å². The Morgan fingerprint density at radius 2 is 2.00 bits per heavy atom. The van der Waals surface area contributed by atoms with Crippen LogP contribution in [0.3, 0.4) is 0 Å². The van der Waals surface area contributed by atoms with Crippen molar-refractivity contribution in [3.05, 3.63) is 29.3 Å². The lowest BCUT2D eigenvalue weighted by atomic mass is 10.1. The first-order valence-electron chi connectivity index (χ1n) is 6.50. The maximum absolute atomic E-state index is 12.0. The number of alkyl halides is 3. The topological polar surface area (TPSA) is 21.3 Å². The van der Waals surface area contributed by atoms with Gasteiger partial charge in [-0.05, 0) is 49.4 Å². The van der Waals surface area contributed by atoms with E-state index in [-0.39, 0.29) is 12.6 Å². The summed E-state index contributed by atoms with van der Waals surface area (Å²) >= 11 is 0. The molecule has 2 nitrogen and oxygen atoms in total. The Kier molecular flexibility index (Phi) is 4.34. The van der Waals surface area contributed by atoms with Gasteiger partial charge in [0, 0.05) is 6.54 Å². The van der Waals surface area contributed by atoms with Crippen LogP contribution in [0.2, 0.25) is 0 Å². The van der Waals surface area contributed by atoms with Crippen LogP contribution in [-0.4, -0.2) is 25.4 Å². The normalized spacial score (nSPS) is 16.2. The molecule has 106 valence electrons. The van der Waals surface area contributed by atoms with Gasteiger partial charge >= 0.3 is 6.18 Å². The number of fused-ring (bicyclic) bond motifs is 1. The Balaban J connectivity index is 1.80. The second kappa shape index (κ2) is 5.82. The van der Waals surface area contributed by atoms with E-state index in [0.29, 0.717) is 0 Å². The van der Waals surface area contributed by atoms with Gasteiger partial charge in [0.2, 0.25) is 0 Å². The quantitative estimate of drug-likeness (QED) is 0.890. The van der Waals surface area contributed by atoms with Crippen LogP contribution in [-0.2, 0) is 12.8 Å². The van der Waals surface area contributed by atoms with Crippen LogP contribution in [0.15, 0.2) is 18.2 Å². The van der Waals surface area contributed by atoms with E-state index in [1.54, 1.807) is 6.92 Å². The van der Waals surface area contributed by atoms with Gasteiger partial charge in [-0.1, -0.05) is 6.07 Å². The molecule has 0 amide bonds. The summed E-state index contributed by atoms with van der Waals surface area (Å²) in [6.07, 6.45) is -1.12. The third-order valence-corrected chi connectivity index (χ3v) is 3.16. The Hall–Kier alpha value is -1.23.